The van der Waals surface area contributed by atoms with E-state index in [0.29, 0.717) is 24.7 Å². The van der Waals surface area contributed by atoms with Crippen LogP contribution in [-0.2, 0) is 19.1 Å². The Balaban J connectivity index is 1.88. The molecule has 0 aliphatic heterocycles. The van der Waals surface area contributed by atoms with Crippen molar-refractivity contribution in [1.82, 2.24) is 10.6 Å². The van der Waals surface area contributed by atoms with Crippen LogP contribution < -0.4 is 10.6 Å². The Hall–Kier alpha value is -2.52. The van der Waals surface area contributed by atoms with E-state index < -0.39 is 23.8 Å². The van der Waals surface area contributed by atoms with Gasteiger partial charge in [0.1, 0.15) is 5.76 Å². The number of esters is 1. The van der Waals surface area contributed by atoms with E-state index in [1.165, 1.54) is 20.0 Å². The van der Waals surface area contributed by atoms with Gasteiger partial charge >= 0.3 is 5.97 Å². The maximum Gasteiger partial charge on any atom is 0.307 e. The topological polar surface area (TPSA) is 107 Å². The lowest BCUT2D eigenvalue weighted by atomic mass is 10.1. The average molecular weight is 507 g/mol. The highest BCUT2D eigenvalue weighted by Gasteiger charge is 2.21. The van der Waals surface area contributed by atoms with Crippen LogP contribution in [0, 0.1) is 5.92 Å². The number of thiol groups is 1. The highest BCUT2D eigenvalue weighted by atomic mass is 32.1. The molecule has 194 valence electrons. The minimum absolute atomic E-state index is 0.00667. The van der Waals surface area contributed by atoms with Gasteiger partial charge < -0.3 is 24.5 Å². The van der Waals surface area contributed by atoms with Crippen LogP contribution in [0.3, 0.4) is 0 Å². The van der Waals surface area contributed by atoms with Crippen molar-refractivity contribution in [3.8, 4) is 0 Å². The minimum Gasteiger partial charge on any atom is -0.469 e. The fraction of sp³-hybridized carbons (Fsp3) is 0.577. The molecule has 1 fully saturated rings. The molecule has 2 rings (SSSR count). The maximum atomic E-state index is 12.5. The quantitative estimate of drug-likeness (QED) is 0.201. The van der Waals surface area contributed by atoms with E-state index in [4.69, 9.17) is 13.9 Å². The molecule has 1 aromatic rings. The fourth-order valence-electron chi connectivity index (χ4n) is 3.94. The van der Waals surface area contributed by atoms with Crippen LogP contribution in [0.1, 0.15) is 68.7 Å². The first-order valence-electron chi connectivity index (χ1n) is 12.1. The molecular formula is C26H38N2O6S. The number of furan rings is 1. The molecule has 0 aromatic carbocycles. The van der Waals surface area contributed by atoms with Crippen molar-refractivity contribution in [3.63, 3.8) is 0 Å². The van der Waals surface area contributed by atoms with E-state index in [1.807, 2.05) is 32.1 Å². The number of carbonyl (C=O) groups excluding carboxylic acids is 3. The Bertz CT molecular complexity index is 886. The fourth-order valence-corrected chi connectivity index (χ4v) is 4.12. The standard InChI is InChI=1S/C26H38N2O6S/c1-4-5-10-20(13-18(2)35)22-11-12-23(34-22)26(31)27-15-24(29)28-21(14-25(30)32-3)17-33-16-19-8-6-7-9-19/h4-5,11-13,18-19,21,35H,6-10,14-17H2,1-3H3,(H,27,31)(H,28,29)/b5-4-,20-13+/t18?,21-/m0/s1. The van der Waals surface area contributed by atoms with Crippen molar-refractivity contribution in [2.24, 2.45) is 5.92 Å². The molecule has 2 amide bonds. The van der Waals surface area contributed by atoms with Crippen molar-refractivity contribution in [2.45, 2.75) is 63.7 Å². The summed E-state index contributed by atoms with van der Waals surface area (Å²) >= 11 is 4.41. The Morgan fingerprint density at radius 1 is 1.23 bits per heavy atom. The largest absolute Gasteiger partial charge is 0.469 e. The van der Waals surface area contributed by atoms with Gasteiger partial charge in [0.2, 0.25) is 5.91 Å². The van der Waals surface area contributed by atoms with Crippen molar-refractivity contribution >= 4 is 36.0 Å². The number of amides is 2. The van der Waals surface area contributed by atoms with Gasteiger partial charge in [-0.05, 0) is 56.7 Å². The second kappa shape index (κ2) is 15.5. The Morgan fingerprint density at radius 3 is 2.60 bits per heavy atom. The lowest BCUT2D eigenvalue weighted by Gasteiger charge is -2.19. The second-order valence-electron chi connectivity index (χ2n) is 8.78. The van der Waals surface area contributed by atoms with E-state index in [9.17, 15) is 14.4 Å². The van der Waals surface area contributed by atoms with E-state index in [-0.39, 0.29) is 30.6 Å². The smallest absolute Gasteiger partial charge is 0.307 e. The Labute approximate surface area is 213 Å². The average Bonchev–Trinajstić information content (AvgIpc) is 3.52. The van der Waals surface area contributed by atoms with Crippen molar-refractivity contribution in [1.29, 1.82) is 0 Å². The van der Waals surface area contributed by atoms with Gasteiger partial charge in [0.25, 0.3) is 5.91 Å². The molecule has 9 heteroatoms. The van der Waals surface area contributed by atoms with Crippen LogP contribution in [0.5, 0.6) is 0 Å². The van der Waals surface area contributed by atoms with Gasteiger partial charge in [0.05, 0.1) is 32.7 Å². The summed E-state index contributed by atoms with van der Waals surface area (Å²) < 4.78 is 16.2. The van der Waals surface area contributed by atoms with Gasteiger partial charge in [-0.25, -0.2) is 0 Å². The number of hydrogen-bond donors (Lipinski definition) is 3. The highest BCUT2D eigenvalue weighted by Crippen LogP contribution is 2.25. The van der Waals surface area contributed by atoms with E-state index in [2.05, 4.69) is 23.3 Å². The minimum atomic E-state index is -0.536. The molecule has 1 saturated carbocycles. The molecule has 0 bridgehead atoms. The van der Waals surface area contributed by atoms with Crippen molar-refractivity contribution in [2.75, 3.05) is 26.9 Å². The van der Waals surface area contributed by atoms with Gasteiger partial charge in [-0.15, -0.1) is 0 Å². The summed E-state index contributed by atoms with van der Waals surface area (Å²) in [7, 11) is 1.30. The number of allylic oxidation sites excluding steroid dienone is 3. The van der Waals surface area contributed by atoms with Crippen LogP contribution in [0.15, 0.2) is 34.8 Å². The molecule has 35 heavy (non-hydrogen) atoms. The normalized spacial score (nSPS) is 16.3. The summed E-state index contributed by atoms with van der Waals surface area (Å²) in [6.45, 7) is 4.44. The summed E-state index contributed by atoms with van der Waals surface area (Å²) in [6, 6.07) is 2.77. The third kappa shape index (κ3) is 10.7. The van der Waals surface area contributed by atoms with Crippen LogP contribution in [-0.4, -0.2) is 55.9 Å². The first-order valence-corrected chi connectivity index (χ1v) is 12.7. The van der Waals surface area contributed by atoms with Crippen molar-refractivity contribution in [3.05, 3.63) is 41.9 Å². The molecule has 1 aromatic heterocycles. The zero-order valence-corrected chi connectivity index (χ0v) is 21.8. The maximum absolute atomic E-state index is 12.5. The number of rotatable bonds is 14. The van der Waals surface area contributed by atoms with Crippen molar-refractivity contribution < 1.29 is 28.3 Å². The Kier molecular flexibility index (Phi) is 12.7. The third-order valence-electron chi connectivity index (χ3n) is 5.72. The monoisotopic (exact) mass is 506 g/mol. The molecule has 0 saturated heterocycles. The summed E-state index contributed by atoms with van der Waals surface area (Å²) in [5.41, 5.74) is 0.922. The van der Waals surface area contributed by atoms with E-state index in [1.54, 1.807) is 12.1 Å². The third-order valence-corrected chi connectivity index (χ3v) is 5.87. The molecule has 1 aliphatic carbocycles. The zero-order valence-electron chi connectivity index (χ0n) is 20.9. The summed E-state index contributed by atoms with van der Waals surface area (Å²) in [4.78, 5) is 36.7. The van der Waals surface area contributed by atoms with Gasteiger partial charge in [0.15, 0.2) is 5.76 Å². The second-order valence-corrected chi connectivity index (χ2v) is 9.60. The first kappa shape index (κ1) is 28.7. The van der Waals surface area contributed by atoms with Crippen LogP contribution in [0.2, 0.25) is 0 Å². The molecule has 1 aliphatic rings. The summed E-state index contributed by atoms with van der Waals surface area (Å²) in [6.07, 6.45) is 11.3. The molecule has 0 spiro atoms. The molecular weight excluding hydrogens is 468 g/mol. The number of ether oxygens (including phenoxy) is 2. The summed E-state index contributed by atoms with van der Waals surface area (Å²) in [5.74, 6) is -0.151. The molecule has 8 nitrogen and oxygen atoms in total. The number of hydrogen-bond acceptors (Lipinski definition) is 7. The molecule has 2 N–H and O–H groups in total. The van der Waals surface area contributed by atoms with Gasteiger partial charge in [-0.3, -0.25) is 14.4 Å². The van der Waals surface area contributed by atoms with Gasteiger partial charge in [-0.2, -0.15) is 12.6 Å². The lowest BCUT2D eigenvalue weighted by molar-refractivity contribution is -0.141. The van der Waals surface area contributed by atoms with Crippen LogP contribution >= 0.6 is 12.6 Å². The molecule has 1 heterocycles. The predicted molar refractivity (Wildman–Crippen MR) is 138 cm³/mol. The number of nitrogens with one attached hydrogen (secondary N) is 2. The first-order chi connectivity index (χ1) is 16.8. The SMILES string of the molecule is C/C=C\C/C(=C\C(C)S)c1ccc(C(=O)NCC(=O)N[C@H](COCC2CCCC2)CC(=O)OC)o1. The molecule has 1 unspecified atom stereocenters. The Morgan fingerprint density at radius 2 is 1.94 bits per heavy atom. The van der Waals surface area contributed by atoms with Crippen LogP contribution in [0.25, 0.3) is 5.57 Å². The van der Waals surface area contributed by atoms with Gasteiger partial charge in [-0.1, -0.05) is 31.1 Å². The molecule has 2 atom stereocenters. The molecule has 0 radical (unpaired) electrons. The van der Waals surface area contributed by atoms with E-state index >= 15 is 0 Å². The number of carbonyl (C=O) groups is 3. The summed E-state index contributed by atoms with van der Waals surface area (Å²) in [5, 5.41) is 5.33. The van der Waals surface area contributed by atoms with Gasteiger partial charge in [0, 0.05) is 11.9 Å². The highest BCUT2D eigenvalue weighted by molar-refractivity contribution is 7.81. The van der Waals surface area contributed by atoms with E-state index in [0.717, 1.165) is 18.4 Å². The lowest BCUT2D eigenvalue weighted by Crippen LogP contribution is -2.45. The zero-order chi connectivity index (χ0) is 25.6. The predicted octanol–water partition coefficient (Wildman–Crippen LogP) is 3.93. The number of methoxy groups -OCH3 is 1. The van der Waals surface area contributed by atoms with Crippen LogP contribution in [0.4, 0.5) is 0 Å².